The summed E-state index contributed by atoms with van der Waals surface area (Å²) in [6.07, 6.45) is 8.41. The number of nitrogens with two attached hydrogens (primary N) is 1. The molecule has 3 heteroatoms. The maximum absolute atomic E-state index is 12.4. The summed E-state index contributed by atoms with van der Waals surface area (Å²) in [7, 11) is 0. The van der Waals surface area contributed by atoms with Gasteiger partial charge in [-0.2, -0.15) is 0 Å². The molecule has 0 spiro atoms. The molecular formula is C16H29NO2. The number of esters is 1. The summed E-state index contributed by atoms with van der Waals surface area (Å²) in [6.45, 7) is 6.67. The first-order valence-corrected chi connectivity index (χ1v) is 7.83. The first-order chi connectivity index (χ1) is 8.83. The predicted molar refractivity (Wildman–Crippen MR) is 76.7 cm³/mol. The minimum atomic E-state index is -0.731. The van der Waals surface area contributed by atoms with E-state index in [0.717, 1.165) is 44.9 Å². The average molecular weight is 267 g/mol. The number of hydrogen-bond donors (Lipinski definition) is 1. The van der Waals surface area contributed by atoms with Crippen LogP contribution in [0.25, 0.3) is 0 Å². The molecule has 0 aliphatic heterocycles. The highest BCUT2D eigenvalue weighted by molar-refractivity contribution is 5.81. The molecule has 0 amide bonds. The van der Waals surface area contributed by atoms with Gasteiger partial charge in [0, 0.05) is 0 Å². The lowest BCUT2D eigenvalue weighted by Gasteiger charge is -2.39. The smallest absolute Gasteiger partial charge is 0.326 e. The third kappa shape index (κ3) is 3.31. The maximum Gasteiger partial charge on any atom is 0.326 e. The topological polar surface area (TPSA) is 52.3 Å². The van der Waals surface area contributed by atoms with Gasteiger partial charge < -0.3 is 10.5 Å². The fraction of sp³-hybridized carbons (Fsp3) is 0.938. The fourth-order valence-electron chi connectivity index (χ4n) is 3.43. The van der Waals surface area contributed by atoms with Gasteiger partial charge in [0.15, 0.2) is 0 Å². The standard InChI is InChI=1S/C16H29NO2/c1-12-6-4-5-9-16(12,17)14(18)19-13-7-10-15(2,3)11-8-13/h12-13H,4-11,17H2,1-3H3. The van der Waals surface area contributed by atoms with Crippen LogP contribution in [0.1, 0.15) is 72.1 Å². The molecule has 0 aromatic rings. The lowest BCUT2D eigenvalue weighted by molar-refractivity contribution is -0.161. The Morgan fingerprint density at radius 2 is 1.74 bits per heavy atom. The van der Waals surface area contributed by atoms with Crippen molar-refractivity contribution >= 4 is 5.97 Å². The number of rotatable bonds is 2. The second-order valence-corrected chi connectivity index (χ2v) is 7.46. The molecule has 2 aliphatic carbocycles. The Labute approximate surface area is 117 Å². The van der Waals surface area contributed by atoms with Crippen molar-refractivity contribution in [2.75, 3.05) is 0 Å². The van der Waals surface area contributed by atoms with E-state index >= 15 is 0 Å². The van der Waals surface area contributed by atoms with E-state index in [1.165, 1.54) is 6.42 Å². The molecule has 2 aliphatic rings. The van der Waals surface area contributed by atoms with Crippen LogP contribution in [0.3, 0.4) is 0 Å². The van der Waals surface area contributed by atoms with Gasteiger partial charge in [0.25, 0.3) is 0 Å². The van der Waals surface area contributed by atoms with Crippen molar-refractivity contribution in [3.63, 3.8) is 0 Å². The van der Waals surface area contributed by atoms with E-state index in [0.29, 0.717) is 5.41 Å². The van der Waals surface area contributed by atoms with Crippen molar-refractivity contribution in [3.8, 4) is 0 Å². The zero-order valence-corrected chi connectivity index (χ0v) is 12.7. The van der Waals surface area contributed by atoms with Crippen LogP contribution < -0.4 is 5.73 Å². The van der Waals surface area contributed by atoms with Gasteiger partial charge >= 0.3 is 5.97 Å². The van der Waals surface area contributed by atoms with Crippen molar-refractivity contribution in [3.05, 3.63) is 0 Å². The van der Waals surface area contributed by atoms with E-state index in [4.69, 9.17) is 10.5 Å². The third-order valence-electron chi connectivity index (χ3n) is 5.30. The molecule has 0 bridgehead atoms. The van der Waals surface area contributed by atoms with Gasteiger partial charge in [0.1, 0.15) is 11.6 Å². The van der Waals surface area contributed by atoms with Crippen LogP contribution >= 0.6 is 0 Å². The summed E-state index contributed by atoms with van der Waals surface area (Å²) in [6, 6.07) is 0. The molecule has 2 rings (SSSR count). The Hall–Kier alpha value is -0.570. The molecule has 0 saturated heterocycles. The van der Waals surface area contributed by atoms with E-state index in [1.54, 1.807) is 0 Å². The number of ether oxygens (including phenoxy) is 1. The summed E-state index contributed by atoms with van der Waals surface area (Å²) in [5, 5.41) is 0. The minimum absolute atomic E-state index is 0.0927. The highest BCUT2D eigenvalue weighted by atomic mass is 16.5. The van der Waals surface area contributed by atoms with Crippen LogP contribution in [0.5, 0.6) is 0 Å². The fourth-order valence-corrected chi connectivity index (χ4v) is 3.43. The van der Waals surface area contributed by atoms with E-state index in [1.807, 2.05) is 0 Å². The van der Waals surface area contributed by atoms with E-state index in [9.17, 15) is 4.79 Å². The number of hydrogen-bond acceptors (Lipinski definition) is 3. The highest BCUT2D eigenvalue weighted by Crippen LogP contribution is 2.38. The van der Waals surface area contributed by atoms with Gasteiger partial charge in [-0.3, -0.25) is 4.79 Å². The van der Waals surface area contributed by atoms with Crippen LogP contribution in [0.4, 0.5) is 0 Å². The lowest BCUT2D eigenvalue weighted by atomic mass is 9.74. The normalized spacial score (nSPS) is 35.9. The van der Waals surface area contributed by atoms with Crippen LogP contribution in [0, 0.1) is 11.3 Å². The summed E-state index contributed by atoms with van der Waals surface area (Å²) >= 11 is 0. The number of carbonyl (C=O) groups excluding carboxylic acids is 1. The SMILES string of the molecule is CC1CCCCC1(N)C(=O)OC1CCC(C)(C)CC1. The molecule has 2 unspecified atom stereocenters. The Kier molecular flexibility index (Phi) is 4.24. The van der Waals surface area contributed by atoms with Crippen molar-refractivity contribution < 1.29 is 9.53 Å². The van der Waals surface area contributed by atoms with Gasteiger partial charge in [-0.15, -0.1) is 0 Å². The van der Waals surface area contributed by atoms with E-state index in [2.05, 4.69) is 20.8 Å². The van der Waals surface area contributed by atoms with Crippen LogP contribution in [-0.4, -0.2) is 17.6 Å². The molecular weight excluding hydrogens is 238 g/mol. The zero-order valence-electron chi connectivity index (χ0n) is 12.7. The Balaban J connectivity index is 1.90. The molecule has 0 heterocycles. The minimum Gasteiger partial charge on any atom is -0.461 e. The van der Waals surface area contributed by atoms with Crippen molar-refractivity contribution in [2.24, 2.45) is 17.1 Å². The molecule has 2 fully saturated rings. The molecule has 19 heavy (non-hydrogen) atoms. The van der Waals surface area contributed by atoms with Gasteiger partial charge in [-0.25, -0.2) is 0 Å². The monoisotopic (exact) mass is 267 g/mol. The molecule has 110 valence electrons. The quantitative estimate of drug-likeness (QED) is 0.780. The Morgan fingerprint density at radius 1 is 1.11 bits per heavy atom. The molecule has 2 N–H and O–H groups in total. The second-order valence-electron chi connectivity index (χ2n) is 7.46. The summed E-state index contributed by atoms with van der Waals surface area (Å²) in [5.74, 6) is 0.0955. The predicted octanol–water partition coefficient (Wildman–Crippen LogP) is 3.41. The molecule has 0 radical (unpaired) electrons. The third-order valence-corrected chi connectivity index (χ3v) is 5.30. The van der Waals surface area contributed by atoms with E-state index < -0.39 is 5.54 Å². The lowest BCUT2D eigenvalue weighted by Crippen LogP contribution is -2.56. The maximum atomic E-state index is 12.4. The average Bonchev–Trinajstić information content (AvgIpc) is 2.35. The van der Waals surface area contributed by atoms with E-state index in [-0.39, 0.29) is 18.0 Å². The first-order valence-electron chi connectivity index (χ1n) is 7.83. The van der Waals surface area contributed by atoms with Gasteiger partial charge in [-0.05, 0) is 49.9 Å². The Morgan fingerprint density at radius 3 is 2.32 bits per heavy atom. The zero-order chi connectivity index (χ0) is 14.1. The summed E-state index contributed by atoms with van der Waals surface area (Å²) in [5.41, 5.74) is 6.02. The van der Waals surface area contributed by atoms with Crippen molar-refractivity contribution in [2.45, 2.75) is 83.8 Å². The molecule has 0 aromatic heterocycles. The van der Waals surface area contributed by atoms with Crippen LogP contribution in [-0.2, 0) is 9.53 Å². The van der Waals surface area contributed by atoms with Gasteiger partial charge in [-0.1, -0.05) is 33.6 Å². The highest BCUT2D eigenvalue weighted by Gasteiger charge is 2.44. The largest absolute Gasteiger partial charge is 0.461 e. The van der Waals surface area contributed by atoms with Crippen molar-refractivity contribution in [1.82, 2.24) is 0 Å². The van der Waals surface area contributed by atoms with Crippen molar-refractivity contribution in [1.29, 1.82) is 0 Å². The van der Waals surface area contributed by atoms with Gasteiger partial charge in [0.05, 0.1) is 0 Å². The number of carbonyl (C=O) groups is 1. The van der Waals surface area contributed by atoms with Crippen LogP contribution in [0.2, 0.25) is 0 Å². The van der Waals surface area contributed by atoms with Crippen LogP contribution in [0.15, 0.2) is 0 Å². The molecule has 2 atom stereocenters. The second kappa shape index (κ2) is 5.43. The summed E-state index contributed by atoms with van der Waals surface area (Å²) < 4.78 is 5.73. The Bertz CT molecular complexity index is 330. The van der Waals surface area contributed by atoms with Gasteiger partial charge in [0.2, 0.25) is 0 Å². The summed E-state index contributed by atoms with van der Waals surface area (Å²) in [4.78, 5) is 12.4. The molecule has 3 nitrogen and oxygen atoms in total. The first kappa shape index (κ1) is 14.8. The molecule has 0 aromatic carbocycles. The molecule has 2 saturated carbocycles.